The summed E-state index contributed by atoms with van der Waals surface area (Å²) in [4.78, 5) is 11.6. The van der Waals surface area contributed by atoms with Gasteiger partial charge >= 0.3 is 5.97 Å². The zero-order valence-electron chi connectivity index (χ0n) is 9.07. The van der Waals surface area contributed by atoms with Gasteiger partial charge in [0.15, 0.2) is 5.60 Å². The van der Waals surface area contributed by atoms with Gasteiger partial charge in [0, 0.05) is 10.6 Å². The predicted molar refractivity (Wildman–Crippen MR) is 59.8 cm³/mol. The van der Waals surface area contributed by atoms with Crippen molar-refractivity contribution in [2.24, 2.45) is 0 Å². The molecule has 0 bridgehead atoms. The van der Waals surface area contributed by atoms with E-state index >= 15 is 0 Å². The Labute approximate surface area is 97.6 Å². The number of methoxy groups -OCH3 is 1. The highest BCUT2D eigenvalue weighted by atomic mass is 32.2. The van der Waals surface area contributed by atoms with Crippen molar-refractivity contribution >= 4 is 17.7 Å². The second kappa shape index (κ2) is 5.32. The number of thioether (sulfide) groups is 1. The van der Waals surface area contributed by atoms with Crippen molar-refractivity contribution < 1.29 is 19.0 Å². The maximum Gasteiger partial charge on any atom is 0.338 e. The zero-order chi connectivity index (χ0) is 12.2. The number of halogens is 1. The Morgan fingerprint density at radius 2 is 2.19 bits per heavy atom. The molecule has 0 fully saturated rings. The van der Waals surface area contributed by atoms with E-state index in [0.717, 1.165) is 11.8 Å². The number of hydrogen-bond acceptors (Lipinski definition) is 4. The van der Waals surface area contributed by atoms with Crippen LogP contribution in [0.2, 0.25) is 0 Å². The van der Waals surface area contributed by atoms with Crippen LogP contribution in [0.3, 0.4) is 0 Å². The highest BCUT2D eigenvalue weighted by molar-refractivity contribution is 7.99. The number of carbonyl (C=O) groups is 1. The summed E-state index contributed by atoms with van der Waals surface area (Å²) in [5, 5.41) is 9.72. The number of benzene rings is 1. The second-order valence-electron chi connectivity index (χ2n) is 3.48. The van der Waals surface area contributed by atoms with E-state index in [1.165, 1.54) is 20.1 Å². The third-order valence-corrected chi connectivity index (χ3v) is 3.32. The summed E-state index contributed by atoms with van der Waals surface area (Å²) in [5.74, 6) is -1.05. The molecule has 0 aliphatic carbocycles. The van der Waals surface area contributed by atoms with E-state index in [9.17, 15) is 14.3 Å². The highest BCUT2D eigenvalue weighted by Crippen LogP contribution is 2.25. The van der Waals surface area contributed by atoms with Crippen molar-refractivity contribution in [3.05, 3.63) is 30.1 Å². The molecule has 5 heteroatoms. The molecule has 1 N–H and O–H groups in total. The molecule has 1 aromatic carbocycles. The summed E-state index contributed by atoms with van der Waals surface area (Å²) < 4.78 is 17.7. The van der Waals surface area contributed by atoms with Crippen LogP contribution in [0.5, 0.6) is 0 Å². The Balaban J connectivity index is 2.65. The van der Waals surface area contributed by atoms with Crippen LogP contribution in [0.15, 0.2) is 29.2 Å². The van der Waals surface area contributed by atoms with E-state index in [-0.39, 0.29) is 11.6 Å². The van der Waals surface area contributed by atoms with Gasteiger partial charge < -0.3 is 9.84 Å². The molecule has 0 saturated heterocycles. The van der Waals surface area contributed by atoms with Crippen LogP contribution in [0.25, 0.3) is 0 Å². The van der Waals surface area contributed by atoms with E-state index < -0.39 is 11.6 Å². The van der Waals surface area contributed by atoms with Gasteiger partial charge in [-0.1, -0.05) is 12.1 Å². The summed E-state index contributed by atoms with van der Waals surface area (Å²) in [6.07, 6.45) is 0. The van der Waals surface area contributed by atoms with Crippen molar-refractivity contribution in [2.45, 2.75) is 17.4 Å². The predicted octanol–water partition coefficient (Wildman–Crippen LogP) is 1.84. The van der Waals surface area contributed by atoms with E-state index in [2.05, 4.69) is 4.74 Å². The fourth-order valence-corrected chi connectivity index (χ4v) is 1.99. The van der Waals surface area contributed by atoms with E-state index in [1.54, 1.807) is 18.2 Å². The quantitative estimate of drug-likeness (QED) is 0.648. The highest BCUT2D eigenvalue weighted by Gasteiger charge is 2.31. The Morgan fingerprint density at radius 3 is 2.75 bits per heavy atom. The second-order valence-corrected chi connectivity index (χ2v) is 4.50. The van der Waals surface area contributed by atoms with Gasteiger partial charge in [-0.3, -0.25) is 0 Å². The number of carbonyl (C=O) groups excluding carboxylic acids is 1. The van der Waals surface area contributed by atoms with Crippen molar-refractivity contribution in [1.82, 2.24) is 0 Å². The summed E-state index contributed by atoms with van der Waals surface area (Å²) >= 11 is 1.07. The molecule has 0 aliphatic rings. The Kier molecular flexibility index (Phi) is 4.32. The molecule has 1 rings (SSSR count). The third kappa shape index (κ3) is 3.21. The van der Waals surface area contributed by atoms with E-state index in [0.29, 0.717) is 4.90 Å². The van der Waals surface area contributed by atoms with Gasteiger partial charge in [0.05, 0.1) is 7.11 Å². The third-order valence-electron chi connectivity index (χ3n) is 1.97. The maximum absolute atomic E-state index is 13.2. The minimum Gasteiger partial charge on any atom is -0.467 e. The lowest BCUT2D eigenvalue weighted by molar-refractivity contribution is -0.158. The van der Waals surface area contributed by atoms with Gasteiger partial charge in [0.2, 0.25) is 0 Å². The number of esters is 1. The molecule has 0 amide bonds. The maximum atomic E-state index is 13.2. The fraction of sp³-hybridized carbons (Fsp3) is 0.364. The lowest BCUT2D eigenvalue weighted by Crippen LogP contribution is -2.38. The van der Waals surface area contributed by atoms with Crippen LogP contribution in [0.1, 0.15) is 6.92 Å². The number of hydrogen-bond donors (Lipinski definition) is 1. The molecule has 0 radical (unpaired) electrons. The molecule has 88 valence electrons. The van der Waals surface area contributed by atoms with Crippen LogP contribution >= 0.6 is 11.8 Å². The van der Waals surface area contributed by atoms with E-state index in [1.807, 2.05) is 0 Å². The fourth-order valence-electron chi connectivity index (χ4n) is 1.06. The van der Waals surface area contributed by atoms with Crippen molar-refractivity contribution in [2.75, 3.05) is 12.9 Å². The van der Waals surface area contributed by atoms with Crippen molar-refractivity contribution in [3.8, 4) is 0 Å². The first-order valence-electron chi connectivity index (χ1n) is 4.65. The van der Waals surface area contributed by atoms with Crippen LogP contribution in [0.4, 0.5) is 4.39 Å². The molecule has 0 heterocycles. The minimum absolute atomic E-state index is 0.0423. The normalized spacial score (nSPS) is 14.2. The van der Waals surface area contributed by atoms with Gasteiger partial charge in [-0.25, -0.2) is 9.18 Å². The zero-order valence-corrected chi connectivity index (χ0v) is 9.88. The molecule has 16 heavy (non-hydrogen) atoms. The Morgan fingerprint density at radius 1 is 1.56 bits per heavy atom. The molecular weight excluding hydrogens is 231 g/mol. The summed E-state index contributed by atoms with van der Waals surface area (Å²) in [6.45, 7) is 1.34. The SMILES string of the molecule is COC(=O)C(C)(O)CSc1ccccc1F. The van der Waals surface area contributed by atoms with Crippen LogP contribution in [-0.4, -0.2) is 29.5 Å². The molecule has 3 nitrogen and oxygen atoms in total. The molecule has 1 atom stereocenters. The van der Waals surface area contributed by atoms with Gasteiger partial charge in [-0.2, -0.15) is 0 Å². The van der Waals surface area contributed by atoms with Gasteiger partial charge in [-0.05, 0) is 19.1 Å². The molecule has 1 aromatic rings. The van der Waals surface area contributed by atoms with Gasteiger partial charge in [0.25, 0.3) is 0 Å². The Hall–Kier alpha value is -1.07. The first-order valence-corrected chi connectivity index (χ1v) is 5.64. The van der Waals surface area contributed by atoms with Crippen molar-refractivity contribution in [3.63, 3.8) is 0 Å². The topological polar surface area (TPSA) is 46.5 Å². The Bertz CT molecular complexity index is 379. The summed E-state index contributed by atoms with van der Waals surface area (Å²) in [6, 6.07) is 6.19. The van der Waals surface area contributed by atoms with Gasteiger partial charge in [0.1, 0.15) is 5.82 Å². The standard InChI is InChI=1S/C11H13FO3S/c1-11(14,10(13)15-2)7-16-9-6-4-3-5-8(9)12/h3-6,14H,7H2,1-2H3. The average Bonchev–Trinajstić information content (AvgIpc) is 2.27. The molecule has 0 aromatic heterocycles. The average molecular weight is 244 g/mol. The molecule has 0 saturated carbocycles. The van der Waals surface area contributed by atoms with Crippen LogP contribution in [0, 0.1) is 5.82 Å². The smallest absolute Gasteiger partial charge is 0.338 e. The largest absolute Gasteiger partial charge is 0.467 e. The molecule has 1 unspecified atom stereocenters. The van der Waals surface area contributed by atoms with Gasteiger partial charge in [-0.15, -0.1) is 11.8 Å². The lowest BCUT2D eigenvalue weighted by atomic mass is 10.1. The monoisotopic (exact) mass is 244 g/mol. The molecular formula is C11H13FO3S. The van der Waals surface area contributed by atoms with E-state index in [4.69, 9.17) is 0 Å². The molecule has 0 spiro atoms. The van der Waals surface area contributed by atoms with Crippen molar-refractivity contribution in [1.29, 1.82) is 0 Å². The minimum atomic E-state index is -1.61. The van der Waals surface area contributed by atoms with Crippen LogP contribution in [-0.2, 0) is 9.53 Å². The lowest BCUT2D eigenvalue weighted by Gasteiger charge is -2.19. The molecule has 0 aliphatic heterocycles. The number of aliphatic hydroxyl groups is 1. The first-order chi connectivity index (χ1) is 7.47. The number of ether oxygens (including phenoxy) is 1. The van der Waals surface area contributed by atoms with Crippen LogP contribution < -0.4 is 0 Å². The number of rotatable bonds is 4. The first kappa shape index (κ1) is 13.0. The summed E-state index contributed by atoms with van der Waals surface area (Å²) in [7, 11) is 1.20. The summed E-state index contributed by atoms with van der Waals surface area (Å²) in [5.41, 5.74) is -1.61.